The molecule has 0 saturated carbocycles. The second-order valence-electron chi connectivity index (χ2n) is 5.32. The molecule has 0 amide bonds. The zero-order valence-corrected chi connectivity index (χ0v) is 16.4. The third-order valence-electron chi connectivity index (χ3n) is 3.43. The minimum atomic E-state index is 0. The second kappa shape index (κ2) is 10.7. The fraction of sp³-hybridized carbons (Fsp3) is 0.263. The van der Waals surface area contributed by atoms with Gasteiger partial charge in [0.15, 0.2) is 5.96 Å². The van der Waals surface area contributed by atoms with Gasteiger partial charge in [0.25, 0.3) is 0 Å². The van der Waals surface area contributed by atoms with Crippen molar-refractivity contribution in [2.24, 2.45) is 4.99 Å². The number of guanidine groups is 1. The summed E-state index contributed by atoms with van der Waals surface area (Å²) < 4.78 is 0. The van der Waals surface area contributed by atoms with Crippen molar-refractivity contribution >= 4 is 29.9 Å². The van der Waals surface area contributed by atoms with Gasteiger partial charge in [-0.1, -0.05) is 42.5 Å². The number of hydrogen-bond acceptors (Lipinski definition) is 2. The summed E-state index contributed by atoms with van der Waals surface area (Å²) in [6, 6.07) is 20.0. The van der Waals surface area contributed by atoms with Crippen LogP contribution < -0.4 is 5.32 Å². The van der Waals surface area contributed by atoms with Gasteiger partial charge in [0.2, 0.25) is 0 Å². The second-order valence-corrected chi connectivity index (χ2v) is 5.32. The Morgan fingerprint density at radius 3 is 2.50 bits per heavy atom. The lowest BCUT2D eigenvalue weighted by molar-refractivity contribution is 0.477. The number of aliphatic imine (C=N–C) groups is 1. The van der Waals surface area contributed by atoms with Gasteiger partial charge in [0.1, 0.15) is 0 Å². The number of hydrogen-bond donors (Lipinski definition) is 1. The van der Waals surface area contributed by atoms with Gasteiger partial charge < -0.3 is 10.2 Å². The molecular formula is C19H23IN4. The summed E-state index contributed by atoms with van der Waals surface area (Å²) in [6.07, 6.45) is 0. The smallest absolute Gasteiger partial charge is 0.194 e. The molecule has 2 rings (SSSR count). The van der Waals surface area contributed by atoms with E-state index in [0.29, 0.717) is 12.1 Å². The van der Waals surface area contributed by atoms with Crippen LogP contribution in [0.4, 0.5) is 0 Å². The molecule has 0 aliphatic carbocycles. The van der Waals surface area contributed by atoms with Crippen LogP contribution in [0.3, 0.4) is 0 Å². The van der Waals surface area contributed by atoms with Crippen LogP contribution in [0.1, 0.15) is 23.6 Å². The topological polar surface area (TPSA) is 51.4 Å². The molecule has 0 fully saturated rings. The van der Waals surface area contributed by atoms with Gasteiger partial charge in [-0.25, -0.2) is 4.99 Å². The van der Waals surface area contributed by atoms with Crippen LogP contribution >= 0.6 is 24.0 Å². The molecule has 126 valence electrons. The minimum Gasteiger partial charge on any atom is -0.357 e. The standard InChI is InChI=1S/C19H22N4.HI/c1-3-21-19(23(2)15-16-8-5-4-6-9-16)22-14-18-11-7-10-17(12-18)13-20;/h4-12H,3,14-15H2,1-2H3,(H,21,22);1H. The Balaban J connectivity index is 0.00000288. The number of nitrogens with one attached hydrogen (secondary N) is 1. The van der Waals surface area contributed by atoms with E-state index in [1.54, 1.807) is 6.07 Å². The third-order valence-corrected chi connectivity index (χ3v) is 3.43. The van der Waals surface area contributed by atoms with Crippen LogP contribution in [0, 0.1) is 11.3 Å². The van der Waals surface area contributed by atoms with Crippen LogP contribution in [-0.2, 0) is 13.1 Å². The molecule has 4 nitrogen and oxygen atoms in total. The van der Waals surface area contributed by atoms with Crippen molar-refractivity contribution in [3.8, 4) is 6.07 Å². The Bertz CT molecular complexity index is 692. The number of nitriles is 1. The first-order chi connectivity index (χ1) is 11.2. The minimum absolute atomic E-state index is 0. The molecule has 1 N–H and O–H groups in total. The molecule has 0 aromatic heterocycles. The van der Waals surface area contributed by atoms with E-state index in [-0.39, 0.29) is 24.0 Å². The van der Waals surface area contributed by atoms with E-state index >= 15 is 0 Å². The fourth-order valence-corrected chi connectivity index (χ4v) is 2.31. The predicted octanol–water partition coefficient (Wildman–Crippen LogP) is 3.77. The van der Waals surface area contributed by atoms with Gasteiger partial charge in [0.05, 0.1) is 18.2 Å². The Labute approximate surface area is 161 Å². The molecule has 5 heteroatoms. The first-order valence-electron chi connectivity index (χ1n) is 7.75. The van der Waals surface area contributed by atoms with Crippen molar-refractivity contribution in [1.29, 1.82) is 5.26 Å². The molecule has 24 heavy (non-hydrogen) atoms. The first kappa shape index (κ1) is 20.0. The van der Waals surface area contributed by atoms with Crippen molar-refractivity contribution < 1.29 is 0 Å². The van der Waals surface area contributed by atoms with Crippen LogP contribution in [0.2, 0.25) is 0 Å². The highest BCUT2D eigenvalue weighted by molar-refractivity contribution is 14.0. The van der Waals surface area contributed by atoms with E-state index in [2.05, 4.69) is 40.3 Å². The van der Waals surface area contributed by atoms with Crippen LogP contribution in [0.25, 0.3) is 0 Å². The summed E-state index contributed by atoms with van der Waals surface area (Å²) in [7, 11) is 2.03. The third kappa shape index (κ3) is 6.20. The van der Waals surface area contributed by atoms with Gasteiger partial charge >= 0.3 is 0 Å². The van der Waals surface area contributed by atoms with Crippen LogP contribution in [0.15, 0.2) is 59.6 Å². The number of rotatable bonds is 5. The molecule has 0 bridgehead atoms. The Hall–Kier alpha value is -2.07. The molecule has 0 spiro atoms. The molecule has 0 heterocycles. The summed E-state index contributed by atoms with van der Waals surface area (Å²) in [5, 5.41) is 12.3. The number of halogens is 1. The van der Waals surface area contributed by atoms with Crippen molar-refractivity contribution in [2.75, 3.05) is 13.6 Å². The average Bonchev–Trinajstić information content (AvgIpc) is 2.59. The van der Waals surface area contributed by atoms with Crippen molar-refractivity contribution in [3.05, 3.63) is 71.3 Å². The van der Waals surface area contributed by atoms with Crippen molar-refractivity contribution in [1.82, 2.24) is 10.2 Å². The van der Waals surface area contributed by atoms with Crippen LogP contribution in [0.5, 0.6) is 0 Å². The van der Waals surface area contributed by atoms with Gasteiger partial charge in [-0.2, -0.15) is 5.26 Å². The van der Waals surface area contributed by atoms with E-state index in [0.717, 1.165) is 24.6 Å². The Morgan fingerprint density at radius 2 is 1.83 bits per heavy atom. The van der Waals surface area contributed by atoms with Crippen molar-refractivity contribution in [3.63, 3.8) is 0 Å². The molecule has 0 unspecified atom stereocenters. The molecule has 0 aliphatic rings. The van der Waals surface area contributed by atoms with Gasteiger partial charge in [-0.05, 0) is 30.2 Å². The zero-order chi connectivity index (χ0) is 16.5. The fourth-order valence-electron chi connectivity index (χ4n) is 2.31. The summed E-state index contributed by atoms with van der Waals surface area (Å²) >= 11 is 0. The number of nitrogens with zero attached hydrogens (tertiary/aromatic N) is 3. The lowest BCUT2D eigenvalue weighted by atomic mass is 10.1. The maximum atomic E-state index is 8.97. The highest BCUT2D eigenvalue weighted by Crippen LogP contribution is 2.07. The van der Waals surface area contributed by atoms with E-state index in [9.17, 15) is 0 Å². The molecule has 0 saturated heterocycles. The molecule has 0 aliphatic heterocycles. The van der Waals surface area contributed by atoms with Gasteiger partial charge in [0, 0.05) is 20.1 Å². The zero-order valence-electron chi connectivity index (χ0n) is 14.1. The molecule has 2 aromatic carbocycles. The summed E-state index contributed by atoms with van der Waals surface area (Å²) in [5.74, 6) is 0.860. The summed E-state index contributed by atoms with van der Waals surface area (Å²) in [6.45, 7) is 4.22. The molecule has 0 atom stereocenters. The quantitative estimate of drug-likeness (QED) is 0.443. The van der Waals surface area contributed by atoms with E-state index in [1.165, 1.54) is 5.56 Å². The average molecular weight is 434 g/mol. The lowest BCUT2D eigenvalue weighted by Gasteiger charge is -2.22. The highest BCUT2D eigenvalue weighted by atomic mass is 127. The van der Waals surface area contributed by atoms with E-state index in [1.807, 2.05) is 43.4 Å². The predicted molar refractivity (Wildman–Crippen MR) is 109 cm³/mol. The summed E-state index contributed by atoms with van der Waals surface area (Å²) in [5.41, 5.74) is 2.94. The maximum absolute atomic E-state index is 8.97. The lowest BCUT2D eigenvalue weighted by Crippen LogP contribution is -2.38. The molecule has 2 aromatic rings. The maximum Gasteiger partial charge on any atom is 0.194 e. The Kier molecular flexibility index (Phi) is 8.87. The van der Waals surface area contributed by atoms with E-state index < -0.39 is 0 Å². The van der Waals surface area contributed by atoms with Gasteiger partial charge in [-0.15, -0.1) is 24.0 Å². The van der Waals surface area contributed by atoms with E-state index in [4.69, 9.17) is 5.26 Å². The van der Waals surface area contributed by atoms with Gasteiger partial charge in [-0.3, -0.25) is 0 Å². The largest absolute Gasteiger partial charge is 0.357 e. The van der Waals surface area contributed by atoms with Crippen LogP contribution in [-0.4, -0.2) is 24.5 Å². The normalized spacial score (nSPS) is 10.5. The number of benzene rings is 2. The molecule has 0 radical (unpaired) electrons. The first-order valence-corrected chi connectivity index (χ1v) is 7.75. The monoisotopic (exact) mass is 434 g/mol. The molecular weight excluding hydrogens is 411 g/mol. The van der Waals surface area contributed by atoms with Crippen molar-refractivity contribution in [2.45, 2.75) is 20.0 Å². The highest BCUT2D eigenvalue weighted by Gasteiger charge is 2.06. The summed E-state index contributed by atoms with van der Waals surface area (Å²) in [4.78, 5) is 6.78. The SMILES string of the molecule is CCNC(=NCc1cccc(C#N)c1)N(C)Cc1ccccc1.I. The Morgan fingerprint density at radius 1 is 1.12 bits per heavy atom.